The van der Waals surface area contributed by atoms with Crippen molar-refractivity contribution in [1.82, 2.24) is 0 Å². The highest BCUT2D eigenvalue weighted by molar-refractivity contribution is 6.90. The van der Waals surface area contributed by atoms with Crippen LogP contribution in [-0.2, 0) is 4.74 Å². The topological polar surface area (TPSA) is 39.4 Å². The third-order valence-electron chi connectivity index (χ3n) is 1.97. The van der Waals surface area contributed by atoms with Gasteiger partial charge in [-0.1, -0.05) is 19.6 Å². The summed E-state index contributed by atoms with van der Waals surface area (Å²) in [7, 11) is -1.56. The maximum atomic E-state index is 11.4. The van der Waals surface area contributed by atoms with Crippen molar-refractivity contribution in [3.05, 3.63) is 17.0 Å². The van der Waals surface area contributed by atoms with Crippen LogP contribution in [0.25, 0.3) is 0 Å². The summed E-state index contributed by atoms with van der Waals surface area (Å²) in [5.41, 5.74) is 0. The molecule has 1 heterocycles. The monoisotopic (exact) mass is 246 g/mol. The molecule has 0 aliphatic rings. The van der Waals surface area contributed by atoms with Crippen molar-refractivity contribution in [3.63, 3.8) is 0 Å². The third kappa shape index (κ3) is 2.86. The molecule has 0 aliphatic carbocycles. The van der Waals surface area contributed by atoms with Gasteiger partial charge in [-0.3, -0.25) is 0 Å². The highest BCUT2D eigenvalue weighted by Crippen LogP contribution is 2.17. The van der Waals surface area contributed by atoms with Crippen LogP contribution in [-0.4, -0.2) is 20.7 Å². The van der Waals surface area contributed by atoms with E-state index in [2.05, 4.69) is 19.6 Å². The minimum Gasteiger partial charge on any atom is -0.460 e. The Morgan fingerprint density at radius 1 is 1.53 bits per heavy atom. The Balaban J connectivity index is 3.01. The molecule has 0 saturated carbocycles. The molecule has 0 unspecified atom stereocenters. The molecule has 0 aliphatic heterocycles. The van der Waals surface area contributed by atoms with E-state index in [1.165, 1.54) is 0 Å². The van der Waals surface area contributed by atoms with Crippen LogP contribution < -0.4 is 5.19 Å². The molecule has 15 heavy (non-hydrogen) atoms. The van der Waals surface area contributed by atoms with Crippen molar-refractivity contribution < 1.29 is 13.9 Å². The number of ether oxygens (including phenoxy) is 1. The molecule has 0 radical (unpaired) electrons. The second-order valence-corrected chi connectivity index (χ2v) is 9.65. The molecule has 0 N–H and O–H groups in total. The van der Waals surface area contributed by atoms with Gasteiger partial charge in [0, 0.05) is 0 Å². The van der Waals surface area contributed by atoms with Crippen LogP contribution in [0, 0.1) is 0 Å². The third-order valence-corrected chi connectivity index (χ3v) is 4.40. The molecule has 0 spiro atoms. The van der Waals surface area contributed by atoms with Gasteiger partial charge in [0.05, 0.1) is 14.7 Å². The van der Waals surface area contributed by atoms with Crippen LogP contribution in [0.4, 0.5) is 0 Å². The van der Waals surface area contributed by atoms with Gasteiger partial charge >= 0.3 is 5.97 Å². The summed E-state index contributed by atoms with van der Waals surface area (Å²) in [5, 5.41) is 1.27. The molecule has 0 amide bonds. The molecule has 1 rings (SSSR count). The zero-order valence-corrected chi connectivity index (χ0v) is 11.1. The average Bonchev–Trinajstić information content (AvgIpc) is 2.47. The Bertz CT molecular complexity index is 365. The van der Waals surface area contributed by atoms with Gasteiger partial charge in [-0.15, -0.1) is 0 Å². The van der Waals surface area contributed by atoms with Gasteiger partial charge in [0.1, 0.15) is 0 Å². The number of halogens is 1. The smallest absolute Gasteiger partial charge is 0.374 e. The summed E-state index contributed by atoms with van der Waals surface area (Å²) in [6.45, 7) is 8.50. The second kappa shape index (κ2) is 4.41. The summed E-state index contributed by atoms with van der Waals surface area (Å²) >= 11 is 5.93. The van der Waals surface area contributed by atoms with Gasteiger partial charge in [-0.05, 0) is 29.8 Å². The fourth-order valence-corrected chi connectivity index (χ4v) is 3.38. The lowest BCUT2D eigenvalue weighted by molar-refractivity contribution is 0.0490. The van der Waals surface area contributed by atoms with E-state index in [-0.39, 0.29) is 5.76 Å². The van der Waals surface area contributed by atoms with Gasteiger partial charge in [0.25, 0.3) is 0 Å². The quantitative estimate of drug-likeness (QED) is 0.608. The maximum absolute atomic E-state index is 11.4. The summed E-state index contributed by atoms with van der Waals surface area (Å²) in [5.74, 6) is -0.261. The number of rotatable bonds is 3. The van der Waals surface area contributed by atoms with Crippen molar-refractivity contribution in [2.24, 2.45) is 0 Å². The van der Waals surface area contributed by atoms with E-state index in [9.17, 15) is 4.79 Å². The van der Waals surface area contributed by atoms with Crippen LogP contribution in [0.1, 0.15) is 17.5 Å². The average molecular weight is 247 g/mol. The molecule has 0 fully saturated rings. The fourth-order valence-electron chi connectivity index (χ4n) is 1.18. The standard InChI is InChI=1S/C10H15ClO3Si/c1-5-13-10(12)7-6-8(9(11)14-7)15(2,3)4/h6H,5H2,1-4H3. The van der Waals surface area contributed by atoms with Crippen molar-refractivity contribution >= 4 is 30.8 Å². The lowest BCUT2D eigenvalue weighted by Gasteiger charge is -2.12. The predicted octanol–water partition coefficient (Wildman–Crippen LogP) is 2.65. The van der Waals surface area contributed by atoms with Crippen molar-refractivity contribution in [2.45, 2.75) is 26.6 Å². The molecule has 84 valence electrons. The molecule has 1 aromatic heterocycles. The normalized spacial score (nSPS) is 11.5. The lowest BCUT2D eigenvalue weighted by Crippen LogP contribution is -2.37. The largest absolute Gasteiger partial charge is 0.460 e. The molecule has 0 aromatic carbocycles. The van der Waals surface area contributed by atoms with Gasteiger partial charge in [-0.2, -0.15) is 0 Å². The number of hydrogen-bond donors (Lipinski definition) is 0. The Labute approximate surface area is 95.4 Å². The van der Waals surface area contributed by atoms with E-state index in [1.54, 1.807) is 13.0 Å². The Kier molecular flexibility index (Phi) is 3.62. The molecule has 0 atom stereocenters. The molecule has 0 bridgehead atoms. The van der Waals surface area contributed by atoms with Crippen LogP contribution in [0.5, 0.6) is 0 Å². The van der Waals surface area contributed by atoms with E-state index < -0.39 is 14.0 Å². The second-order valence-electron chi connectivity index (χ2n) is 4.27. The summed E-state index contributed by atoms with van der Waals surface area (Å²) < 4.78 is 10.0. The first-order chi connectivity index (χ1) is 6.86. The lowest BCUT2D eigenvalue weighted by atomic mass is 10.4. The molecule has 3 nitrogen and oxygen atoms in total. The van der Waals surface area contributed by atoms with Gasteiger partial charge < -0.3 is 9.15 Å². The number of furan rings is 1. The van der Waals surface area contributed by atoms with E-state index in [1.807, 2.05) is 0 Å². The summed E-state index contributed by atoms with van der Waals surface area (Å²) in [4.78, 5) is 11.4. The maximum Gasteiger partial charge on any atom is 0.374 e. The van der Waals surface area contributed by atoms with Crippen LogP contribution >= 0.6 is 11.6 Å². The highest BCUT2D eigenvalue weighted by atomic mass is 35.5. The van der Waals surface area contributed by atoms with Crippen molar-refractivity contribution in [3.8, 4) is 0 Å². The number of carbonyl (C=O) groups is 1. The fraction of sp³-hybridized carbons (Fsp3) is 0.500. The first-order valence-corrected chi connectivity index (χ1v) is 8.71. The Morgan fingerprint density at radius 3 is 2.53 bits per heavy atom. The van der Waals surface area contributed by atoms with E-state index in [0.717, 1.165) is 5.19 Å². The molecule has 0 saturated heterocycles. The predicted molar refractivity (Wildman–Crippen MR) is 62.7 cm³/mol. The number of esters is 1. The minimum atomic E-state index is -1.56. The molecular formula is C10H15ClO3Si. The number of carbonyl (C=O) groups excluding carboxylic acids is 1. The van der Waals surface area contributed by atoms with Gasteiger partial charge in [-0.25, -0.2) is 4.79 Å². The minimum absolute atomic E-state index is 0.194. The van der Waals surface area contributed by atoms with Crippen molar-refractivity contribution in [2.75, 3.05) is 6.61 Å². The van der Waals surface area contributed by atoms with Crippen LogP contribution in [0.3, 0.4) is 0 Å². The van der Waals surface area contributed by atoms with Crippen LogP contribution in [0.2, 0.25) is 24.9 Å². The Hall–Kier alpha value is -0.743. The molecule has 1 aromatic rings. The first-order valence-electron chi connectivity index (χ1n) is 4.83. The number of hydrogen-bond acceptors (Lipinski definition) is 3. The summed E-state index contributed by atoms with van der Waals surface area (Å²) in [6, 6.07) is 1.70. The highest BCUT2D eigenvalue weighted by Gasteiger charge is 2.26. The van der Waals surface area contributed by atoms with Gasteiger partial charge in [0.15, 0.2) is 5.22 Å². The van der Waals surface area contributed by atoms with Crippen molar-refractivity contribution in [1.29, 1.82) is 0 Å². The molecule has 5 heteroatoms. The zero-order chi connectivity index (χ0) is 11.6. The zero-order valence-electron chi connectivity index (χ0n) is 9.39. The summed E-state index contributed by atoms with van der Waals surface area (Å²) in [6.07, 6.45) is 0. The van der Waals surface area contributed by atoms with E-state index in [4.69, 9.17) is 20.8 Å². The van der Waals surface area contributed by atoms with E-state index in [0.29, 0.717) is 11.8 Å². The SMILES string of the molecule is CCOC(=O)c1cc([Si](C)(C)C)c(Cl)o1. The first kappa shape index (κ1) is 12.3. The molecular weight excluding hydrogens is 232 g/mol. The Morgan fingerprint density at radius 2 is 2.13 bits per heavy atom. The van der Waals surface area contributed by atoms with Crippen LogP contribution in [0.15, 0.2) is 10.5 Å². The van der Waals surface area contributed by atoms with Gasteiger partial charge in [0.2, 0.25) is 5.76 Å². The van der Waals surface area contributed by atoms with E-state index >= 15 is 0 Å².